The van der Waals surface area contributed by atoms with Crippen molar-refractivity contribution in [3.8, 4) is 0 Å². The molecule has 0 radical (unpaired) electrons. The summed E-state index contributed by atoms with van der Waals surface area (Å²) < 4.78 is 32.0. The molecule has 0 aliphatic carbocycles. The Labute approximate surface area is 166 Å². The molecule has 0 amide bonds. The average Bonchev–Trinajstić information content (AvgIpc) is 2.65. The third-order valence-electron chi connectivity index (χ3n) is 4.78. The third-order valence-corrected chi connectivity index (χ3v) is 6.67. The van der Waals surface area contributed by atoms with Crippen LogP contribution in [-0.4, -0.2) is 75.5 Å². The van der Waals surface area contributed by atoms with Gasteiger partial charge in [0.05, 0.1) is 23.0 Å². The lowest BCUT2D eigenvalue weighted by Crippen LogP contribution is -2.40. The number of hydrogen-bond acceptors (Lipinski definition) is 7. The van der Waals surface area contributed by atoms with Crippen LogP contribution in [0.5, 0.6) is 0 Å². The van der Waals surface area contributed by atoms with Crippen LogP contribution < -0.4 is 5.32 Å². The summed E-state index contributed by atoms with van der Waals surface area (Å²) in [4.78, 5) is 13.0. The first-order chi connectivity index (χ1) is 13.1. The second kappa shape index (κ2) is 9.64. The minimum atomic E-state index is -3.78. The van der Waals surface area contributed by atoms with Crippen LogP contribution in [0.1, 0.15) is 20.3 Å². The van der Waals surface area contributed by atoms with Crippen molar-refractivity contribution in [1.29, 1.82) is 0 Å². The Bertz CT molecular complexity index is 776. The minimum absolute atomic E-state index is 0.0713. The predicted octanol–water partition coefficient (Wildman–Crippen LogP) is 2.00. The maximum atomic E-state index is 12.8. The second-order valence-corrected chi connectivity index (χ2v) is 9.52. The number of hydrogen-bond donors (Lipinski definition) is 1. The van der Waals surface area contributed by atoms with E-state index in [2.05, 4.69) is 24.1 Å². The number of nitro groups is 1. The summed E-state index contributed by atoms with van der Waals surface area (Å²) in [5, 5.41) is 14.7. The lowest BCUT2D eigenvalue weighted by atomic mass is 10.0. The quantitative estimate of drug-likeness (QED) is 0.487. The highest BCUT2D eigenvalue weighted by molar-refractivity contribution is 7.89. The maximum Gasteiger partial charge on any atom is 0.293 e. The van der Waals surface area contributed by atoms with E-state index in [0.717, 1.165) is 12.5 Å². The molecule has 1 aromatic carbocycles. The third kappa shape index (κ3) is 5.63. The molecule has 1 heterocycles. The van der Waals surface area contributed by atoms with Gasteiger partial charge in [-0.2, -0.15) is 4.31 Å². The van der Waals surface area contributed by atoms with E-state index in [9.17, 15) is 18.5 Å². The Hall–Kier alpha value is -1.75. The van der Waals surface area contributed by atoms with E-state index >= 15 is 0 Å². The molecule has 1 unspecified atom stereocenters. The topological polar surface area (TPSA) is 105 Å². The zero-order valence-electron chi connectivity index (χ0n) is 16.9. The lowest BCUT2D eigenvalue weighted by Gasteiger charge is -2.27. The number of sulfonamides is 1. The number of morpholine rings is 1. The molecule has 2 rings (SSSR count). The van der Waals surface area contributed by atoms with Crippen LogP contribution in [0.15, 0.2) is 23.1 Å². The maximum absolute atomic E-state index is 12.8. The Balaban J connectivity index is 2.24. The first-order valence-electron chi connectivity index (χ1n) is 9.39. The average molecular weight is 415 g/mol. The van der Waals surface area contributed by atoms with Crippen LogP contribution in [-0.2, 0) is 14.8 Å². The Morgan fingerprint density at radius 1 is 1.29 bits per heavy atom. The van der Waals surface area contributed by atoms with E-state index < -0.39 is 14.9 Å². The van der Waals surface area contributed by atoms with Crippen LogP contribution in [0, 0.1) is 16.0 Å². The fourth-order valence-corrected chi connectivity index (χ4v) is 4.59. The van der Waals surface area contributed by atoms with E-state index in [0.29, 0.717) is 31.4 Å². The van der Waals surface area contributed by atoms with E-state index in [4.69, 9.17) is 4.74 Å². The lowest BCUT2D eigenvalue weighted by molar-refractivity contribution is -0.384. The molecule has 10 heteroatoms. The molecule has 1 N–H and O–H groups in total. The SMILES string of the molecule is CC(C)CC(CNc1ccc(S(=O)(=O)N2CCOCC2)cc1[N+](=O)[O-])N(C)C. The van der Waals surface area contributed by atoms with Gasteiger partial charge in [-0.15, -0.1) is 0 Å². The summed E-state index contributed by atoms with van der Waals surface area (Å²) in [6.45, 7) is 5.92. The molecule has 1 aromatic rings. The van der Waals surface area contributed by atoms with Gasteiger partial charge in [0.25, 0.3) is 5.69 Å². The van der Waals surface area contributed by atoms with Gasteiger partial charge in [-0.3, -0.25) is 10.1 Å². The molecular formula is C18H30N4O5S. The first kappa shape index (κ1) is 22.5. The monoisotopic (exact) mass is 414 g/mol. The van der Waals surface area contributed by atoms with Crippen LogP contribution in [0.2, 0.25) is 0 Å². The molecule has 0 saturated carbocycles. The highest BCUT2D eigenvalue weighted by atomic mass is 32.2. The van der Waals surface area contributed by atoms with Gasteiger partial charge in [0.15, 0.2) is 0 Å². The number of ether oxygens (including phenoxy) is 1. The van der Waals surface area contributed by atoms with Crippen LogP contribution in [0.4, 0.5) is 11.4 Å². The highest BCUT2D eigenvalue weighted by Crippen LogP contribution is 2.29. The van der Waals surface area contributed by atoms with Crippen molar-refractivity contribution in [3.63, 3.8) is 0 Å². The molecule has 0 spiro atoms. The van der Waals surface area contributed by atoms with E-state index in [1.165, 1.54) is 16.4 Å². The molecule has 9 nitrogen and oxygen atoms in total. The standard InChI is InChI=1S/C18H30N4O5S/c1-14(2)11-15(20(3)4)13-19-17-6-5-16(12-18(17)22(23)24)28(25,26)21-7-9-27-10-8-21/h5-6,12,14-15,19H,7-11,13H2,1-4H3. The van der Waals surface area contributed by atoms with Crippen molar-refractivity contribution in [3.05, 3.63) is 28.3 Å². The molecular weight excluding hydrogens is 384 g/mol. The van der Waals surface area contributed by atoms with E-state index in [1.807, 2.05) is 14.1 Å². The molecule has 1 aliphatic rings. The Kier molecular flexibility index (Phi) is 7.76. The molecule has 0 bridgehead atoms. The predicted molar refractivity (Wildman–Crippen MR) is 108 cm³/mol. The number of rotatable bonds is 9. The van der Waals surface area contributed by atoms with Crippen molar-refractivity contribution >= 4 is 21.4 Å². The van der Waals surface area contributed by atoms with Crippen molar-refractivity contribution < 1.29 is 18.1 Å². The van der Waals surface area contributed by atoms with Gasteiger partial charge in [0.2, 0.25) is 10.0 Å². The summed E-state index contributed by atoms with van der Waals surface area (Å²) in [6, 6.07) is 4.25. The van der Waals surface area contributed by atoms with Crippen LogP contribution >= 0.6 is 0 Å². The van der Waals surface area contributed by atoms with Crippen molar-refractivity contribution in [1.82, 2.24) is 9.21 Å². The van der Waals surface area contributed by atoms with Gasteiger partial charge >= 0.3 is 0 Å². The molecule has 1 fully saturated rings. The molecule has 1 saturated heterocycles. The van der Waals surface area contributed by atoms with Gasteiger partial charge in [-0.05, 0) is 38.6 Å². The van der Waals surface area contributed by atoms with E-state index in [1.54, 1.807) is 0 Å². The molecule has 0 aromatic heterocycles. The fourth-order valence-electron chi connectivity index (χ4n) is 3.16. The Morgan fingerprint density at radius 2 is 1.93 bits per heavy atom. The van der Waals surface area contributed by atoms with Gasteiger partial charge in [-0.1, -0.05) is 13.8 Å². The molecule has 28 heavy (non-hydrogen) atoms. The smallest absolute Gasteiger partial charge is 0.293 e. The number of nitro benzene ring substituents is 1. The summed E-state index contributed by atoms with van der Waals surface area (Å²) in [5.74, 6) is 0.491. The highest BCUT2D eigenvalue weighted by Gasteiger charge is 2.29. The van der Waals surface area contributed by atoms with E-state index in [-0.39, 0.29) is 29.7 Å². The van der Waals surface area contributed by atoms with Gasteiger partial charge in [0.1, 0.15) is 5.69 Å². The van der Waals surface area contributed by atoms with Crippen LogP contribution in [0.25, 0.3) is 0 Å². The van der Waals surface area contributed by atoms with Crippen molar-refractivity contribution in [2.24, 2.45) is 5.92 Å². The first-order valence-corrected chi connectivity index (χ1v) is 10.8. The summed E-state index contributed by atoms with van der Waals surface area (Å²) in [5.41, 5.74) is 0.0814. The fraction of sp³-hybridized carbons (Fsp3) is 0.667. The Morgan fingerprint density at radius 3 is 2.46 bits per heavy atom. The van der Waals surface area contributed by atoms with Gasteiger partial charge in [0, 0.05) is 31.7 Å². The largest absolute Gasteiger partial charge is 0.379 e. The number of benzene rings is 1. The normalized spacial score (nSPS) is 17.1. The number of anilines is 1. The zero-order chi connectivity index (χ0) is 20.9. The minimum Gasteiger partial charge on any atom is -0.379 e. The number of nitrogens with one attached hydrogen (secondary N) is 1. The zero-order valence-corrected chi connectivity index (χ0v) is 17.7. The number of nitrogens with zero attached hydrogens (tertiary/aromatic N) is 3. The van der Waals surface area contributed by atoms with Gasteiger partial charge in [-0.25, -0.2) is 8.42 Å². The molecule has 158 valence electrons. The van der Waals surface area contributed by atoms with Crippen molar-refractivity contribution in [2.75, 3.05) is 52.3 Å². The number of likely N-dealkylation sites (N-methyl/N-ethyl adjacent to an activating group) is 1. The summed E-state index contributed by atoms with van der Waals surface area (Å²) in [7, 11) is 0.164. The molecule has 1 aliphatic heterocycles. The van der Waals surface area contributed by atoms with Gasteiger partial charge < -0.3 is 15.0 Å². The molecule has 1 atom stereocenters. The summed E-state index contributed by atoms with van der Waals surface area (Å²) >= 11 is 0. The summed E-state index contributed by atoms with van der Waals surface area (Å²) in [6.07, 6.45) is 0.942. The van der Waals surface area contributed by atoms with Crippen LogP contribution in [0.3, 0.4) is 0 Å². The second-order valence-electron chi connectivity index (χ2n) is 7.58. The van der Waals surface area contributed by atoms with Crippen molar-refractivity contribution in [2.45, 2.75) is 31.2 Å².